The van der Waals surface area contributed by atoms with Crippen molar-refractivity contribution in [3.05, 3.63) is 64.9 Å². The fourth-order valence-electron chi connectivity index (χ4n) is 3.42. The first-order valence-electron chi connectivity index (χ1n) is 10.2. The zero-order valence-electron chi connectivity index (χ0n) is 18.9. The summed E-state index contributed by atoms with van der Waals surface area (Å²) in [5.41, 5.74) is 0.593. The van der Waals surface area contributed by atoms with E-state index in [1.807, 2.05) is 0 Å². The van der Waals surface area contributed by atoms with Gasteiger partial charge in [0.1, 0.15) is 0 Å². The van der Waals surface area contributed by atoms with Crippen LogP contribution in [0.25, 0.3) is 0 Å². The van der Waals surface area contributed by atoms with Gasteiger partial charge in [-0.2, -0.15) is 13.2 Å². The average Bonchev–Trinajstić information content (AvgIpc) is 2.81. The summed E-state index contributed by atoms with van der Waals surface area (Å²) in [4.78, 5) is 24.6. The van der Waals surface area contributed by atoms with Gasteiger partial charge in [-0.15, -0.1) is 0 Å². The monoisotopic (exact) mass is 509 g/mol. The number of nitrogens with one attached hydrogen (secondary N) is 3. The Bertz CT molecular complexity index is 1180. The third-order valence-electron chi connectivity index (χ3n) is 5.03. The van der Waals surface area contributed by atoms with E-state index in [-0.39, 0.29) is 17.2 Å². The number of carbonyl (C=O) groups is 2. The molecular formula is C23H22F3N3O5S. The van der Waals surface area contributed by atoms with Crippen molar-refractivity contribution in [2.24, 2.45) is 0 Å². The average molecular weight is 510 g/mol. The lowest BCUT2D eigenvalue weighted by Crippen LogP contribution is -2.45. The van der Waals surface area contributed by atoms with Crippen LogP contribution in [-0.2, 0) is 20.5 Å². The summed E-state index contributed by atoms with van der Waals surface area (Å²) in [5.74, 6) is -0.720. The smallest absolute Gasteiger partial charge is 0.416 e. The summed E-state index contributed by atoms with van der Waals surface area (Å²) in [5, 5.41) is 8.59. The predicted molar refractivity (Wildman–Crippen MR) is 125 cm³/mol. The highest BCUT2D eigenvalue weighted by Gasteiger charge is 2.32. The van der Waals surface area contributed by atoms with Crippen LogP contribution in [-0.4, -0.2) is 37.8 Å². The number of amides is 1. The van der Waals surface area contributed by atoms with Crippen molar-refractivity contribution in [3.8, 4) is 11.5 Å². The minimum Gasteiger partial charge on any atom is -0.493 e. The van der Waals surface area contributed by atoms with E-state index >= 15 is 0 Å². The van der Waals surface area contributed by atoms with E-state index in [1.54, 1.807) is 25.1 Å². The molecule has 0 radical (unpaired) electrons. The van der Waals surface area contributed by atoms with Gasteiger partial charge in [0.2, 0.25) is 0 Å². The molecule has 3 rings (SSSR count). The van der Waals surface area contributed by atoms with Gasteiger partial charge in [0.25, 0.3) is 5.91 Å². The third kappa shape index (κ3) is 6.21. The number of alkyl halides is 3. The molecule has 0 fully saturated rings. The number of halogens is 3. The predicted octanol–water partition coefficient (Wildman–Crippen LogP) is 3.70. The van der Waals surface area contributed by atoms with E-state index in [0.29, 0.717) is 21.9 Å². The number of rotatable bonds is 7. The molecule has 12 heteroatoms. The van der Waals surface area contributed by atoms with Gasteiger partial charge in [-0.3, -0.25) is 4.79 Å². The Hall–Kier alpha value is -3.80. The summed E-state index contributed by atoms with van der Waals surface area (Å²) >= 11 is 5.20. The van der Waals surface area contributed by atoms with E-state index in [2.05, 4.69) is 16.0 Å². The van der Waals surface area contributed by atoms with Crippen LogP contribution in [0.4, 0.5) is 18.9 Å². The first kappa shape index (κ1) is 25.8. The van der Waals surface area contributed by atoms with Crippen molar-refractivity contribution < 1.29 is 37.0 Å². The molecule has 1 atom stereocenters. The number of carbonyl (C=O) groups excluding carboxylic acids is 2. The molecule has 0 spiro atoms. The molecule has 35 heavy (non-hydrogen) atoms. The van der Waals surface area contributed by atoms with Gasteiger partial charge in [0.05, 0.1) is 31.4 Å². The molecule has 0 aliphatic carbocycles. The van der Waals surface area contributed by atoms with Crippen molar-refractivity contribution in [1.29, 1.82) is 0 Å². The maximum absolute atomic E-state index is 12.9. The number of allylic oxidation sites excluding steroid dienone is 1. The summed E-state index contributed by atoms with van der Waals surface area (Å²) in [6, 6.07) is 8.47. The number of ether oxygens (including phenoxy) is 3. The minimum absolute atomic E-state index is 0.0128. The summed E-state index contributed by atoms with van der Waals surface area (Å²) < 4.78 is 54.4. The minimum atomic E-state index is -4.53. The van der Waals surface area contributed by atoms with E-state index in [9.17, 15) is 22.8 Å². The molecule has 0 saturated heterocycles. The molecular weight excluding hydrogens is 487 g/mol. The van der Waals surface area contributed by atoms with Crippen molar-refractivity contribution in [3.63, 3.8) is 0 Å². The Kier molecular flexibility index (Phi) is 7.85. The highest BCUT2D eigenvalue weighted by Crippen LogP contribution is 2.35. The number of esters is 1. The number of methoxy groups -OCH3 is 2. The Morgan fingerprint density at radius 3 is 2.51 bits per heavy atom. The lowest BCUT2D eigenvalue weighted by Gasteiger charge is -2.30. The van der Waals surface area contributed by atoms with Crippen molar-refractivity contribution in [2.75, 3.05) is 26.1 Å². The van der Waals surface area contributed by atoms with Gasteiger partial charge in [-0.25, -0.2) is 4.79 Å². The van der Waals surface area contributed by atoms with Crippen LogP contribution in [0.1, 0.15) is 24.1 Å². The van der Waals surface area contributed by atoms with Gasteiger partial charge in [0.15, 0.2) is 23.2 Å². The van der Waals surface area contributed by atoms with Crippen LogP contribution in [0.5, 0.6) is 11.5 Å². The quantitative estimate of drug-likeness (QED) is 0.384. The molecule has 3 N–H and O–H groups in total. The fraction of sp³-hybridized carbons (Fsp3) is 0.261. The molecule has 1 aliphatic rings. The van der Waals surface area contributed by atoms with E-state index < -0.39 is 36.3 Å². The Morgan fingerprint density at radius 1 is 1.11 bits per heavy atom. The molecule has 1 amide bonds. The Balaban J connectivity index is 1.74. The topological polar surface area (TPSA) is 97.9 Å². The highest BCUT2D eigenvalue weighted by molar-refractivity contribution is 7.80. The second-order valence-electron chi connectivity index (χ2n) is 7.39. The number of thiocarbonyl (C=S) groups is 1. The van der Waals surface area contributed by atoms with E-state index in [1.165, 1.54) is 26.4 Å². The Morgan fingerprint density at radius 2 is 1.86 bits per heavy atom. The maximum Gasteiger partial charge on any atom is 0.416 e. The molecule has 1 heterocycles. The largest absolute Gasteiger partial charge is 0.493 e. The molecule has 2 aromatic rings. The number of anilines is 1. The first-order chi connectivity index (χ1) is 16.5. The van der Waals surface area contributed by atoms with Crippen molar-refractivity contribution in [1.82, 2.24) is 10.6 Å². The van der Waals surface area contributed by atoms with Gasteiger partial charge in [0, 0.05) is 11.4 Å². The van der Waals surface area contributed by atoms with Crippen molar-refractivity contribution >= 4 is 34.9 Å². The third-order valence-corrected chi connectivity index (χ3v) is 5.25. The molecule has 0 saturated carbocycles. The Labute approximate surface area is 204 Å². The standard InChI is InChI=1S/C23H22F3N3O5S/c1-12-19(21(31)33-3)20(29-22(35)27-12)13-7-8-16(17(9-13)32-2)34-11-18(30)28-15-6-4-5-14(10-15)23(24,25)26/h4-10,20H,11H2,1-3H3,(H,28,30)(H2,27,29,35)/t20-/m1/s1. The molecule has 8 nitrogen and oxygen atoms in total. The normalized spacial score (nSPS) is 15.6. The molecule has 0 bridgehead atoms. The van der Waals surface area contributed by atoms with Crippen LogP contribution in [0, 0.1) is 0 Å². The lowest BCUT2D eigenvalue weighted by molar-refractivity contribution is -0.138. The summed E-state index contributed by atoms with van der Waals surface area (Å²) in [6.07, 6.45) is -4.53. The number of hydrogen-bond donors (Lipinski definition) is 3. The first-order valence-corrected chi connectivity index (χ1v) is 10.6. The highest BCUT2D eigenvalue weighted by atomic mass is 32.1. The molecule has 0 unspecified atom stereocenters. The van der Waals surface area contributed by atoms with Gasteiger partial charge >= 0.3 is 12.1 Å². The number of hydrogen-bond acceptors (Lipinski definition) is 6. The molecule has 0 aromatic heterocycles. The summed E-state index contributed by atoms with van der Waals surface area (Å²) in [7, 11) is 2.67. The second-order valence-corrected chi connectivity index (χ2v) is 7.80. The van der Waals surface area contributed by atoms with Gasteiger partial charge in [-0.1, -0.05) is 12.1 Å². The zero-order chi connectivity index (χ0) is 25.8. The lowest BCUT2D eigenvalue weighted by atomic mass is 9.95. The van der Waals surface area contributed by atoms with Crippen LogP contribution >= 0.6 is 12.2 Å². The maximum atomic E-state index is 12.9. The van der Waals surface area contributed by atoms with E-state index in [0.717, 1.165) is 12.1 Å². The SMILES string of the molecule is COC(=O)C1=C(C)NC(=S)N[C@@H]1c1ccc(OCC(=O)Nc2cccc(C(F)(F)F)c2)c(OC)c1. The molecule has 2 aromatic carbocycles. The van der Waals surface area contributed by atoms with Crippen LogP contribution in [0.2, 0.25) is 0 Å². The van der Waals surface area contributed by atoms with Gasteiger partial charge in [-0.05, 0) is 55.0 Å². The second kappa shape index (κ2) is 10.6. The van der Waals surface area contributed by atoms with Crippen LogP contribution in [0.3, 0.4) is 0 Å². The fourth-order valence-corrected chi connectivity index (χ4v) is 3.69. The molecule has 1 aliphatic heterocycles. The van der Waals surface area contributed by atoms with Crippen LogP contribution < -0.4 is 25.4 Å². The van der Waals surface area contributed by atoms with Crippen molar-refractivity contribution in [2.45, 2.75) is 19.1 Å². The zero-order valence-corrected chi connectivity index (χ0v) is 19.7. The molecule has 186 valence electrons. The van der Waals surface area contributed by atoms with Gasteiger partial charge < -0.3 is 30.2 Å². The number of benzene rings is 2. The van der Waals surface area contributed by atoms with E-state index in [4.69, 9.17) is 26.4 Å². The summed E-state index contributed by atoms with van der Waals surface area (Å²) in [6.45, 7) is 1.22. The van der Waals surface area contributed by atoms with Crippen LogP contribution in [0.15, 0.2) is 53.7 Å².